The van der Waals surface area contributed by atoms with Gasteiger partial charge in [0.05, 0.1) is 7.11 Å². The topological polar surface area (TPSA) is 96.5 Å². The van der Waals surface area contributed by atoms with Crippen molar-refractivity contribution in [2.75, 3.05) is 23.1 Å². The van der Waals surface area contributed by atoms with Crippen LogP contribution >= 0.6 is 11.8 Å². The van der Waals surface area contributed by atoms with Gasteiger partial charge in [-0.1, -0.05) is 36.4 Å². The molecule has 7 nitrogen and oxygen atoms in total. The maximum atomic E-state index is 13.3. The minimum atomic E-state index is -0.511. The molecule has 0 fully saturated rings. The fourth-order valence-corrected chi connectivity index (χ4v) is 4.69. The van der Waals surface area contributed by atoms with Gasteiger partial charge in [-0.15, -0.1) is 11.8 Å². The first-order chi connectivity index (χ1) is 18.4. The van der Waals surface area contributed by atoms with Crippen LogP contribution in [0.4, 0.5) is 17.1 Å². The predicted molar refractivity (Wildman–Crippen MR) is 152 cm³/mol. The maximum absolute atomic E-state index is 13.3. The summed E-state index contributed by atoms with van der Waals surface area (Å²) in [5.74, 6) is 0.0331. The first-order valence-electron chi connectivity index (χ1n) is 11.9. The van der Waals surface area contributed by atoms with E-state index in [2.05, 4.69) is 16.0 Å². The Labute approximate surface area is 225 Å². The molecule has 4 aromatic carbocycles. The minimum absolute atomic E-state index is 0.159. The van der Waals surface area contributed by atoms with Gasteiger partial charge in [-0.2, -0.15) is 0 Å². The Hall–Kier alpha value is -4.56. The van der Waals surface area contributed by atoms with E-state index in [4.69, 9.17) is 4.74 Å². The second-order valence-electron chi connectivity index (χ2n) is 8.37. The summed E-state index contributed by atoms with van der Waals surface area (Å²) < 4.78 is 5.19. The standard InChI is InChI=1S/C30H27N3O4S/c1-20(34)31-23-11-13-24(14-12-23)33-30(36)28(21-7-4-3-5-8-21)38-27-17-15-25(16-18-27)32-29(35)22-9-6-10-26(19-22)37-2/h3-19,28H,1-2H3,(H,31,34)(H,32,35)(H,33,36). The molecule has 0 saturated heterocycles. The zero-order valence-corrected chi connectivity index (χ0v) is 21.8. The molecule has 1 atom stereocenters. The third-order valence-corrected chi connectivity index (χ3v) is 6.78. The average molecular weight is 526 g/mol. The number of rotatable bonds is 9. The van der Waals surface area contributed by atoms with Crippen molar-refractivity contribution in [3.63, 3.8) is 0 Å². The van der Waals surface area contributed by atoms with E-state index in [-0.39, 0.29) is 17.7 Å². The molecule has 3 amide bonds. The highest BCUT2D eigenvalue weighted by molar-refractivity contribution is 8.00. The Morgan fingerprint density at radius 1 is 0.711 bits per heavy atom. The molecule has 4 aromatic rings. The maximum Gasteiger partial charge on any atom is 0.255 e. The van der Waals surface area contributed by atoms with Gasteiger partial charge in [-0.25, -0.2) is 0 Å². The number of ether oxygens (including phenoxy) is 1. The van der Waals surface area contributed by atoms with Crippen LogP contribution in [0.25, 0.3) is 0 Å². The van der Waals surface area contributed by atoms with Gasteiger partial charge >= 0.3 is 0 Å². The summed E-state index contributed by atoms with van der Waals surface area (Å²) in [6, 6.07) is 30.8. The molecule has 0 aliphatic heterocycles. The Balaban J connectivity index is 1.46. The third-order valence-electron chi connectivity index (χ3n) is 5.51. The molecule has 8 heteroatoms. The van der Waals surface area contributed by atoms with Crippen molar-refractivity contribution in [1.82, 2.24) is 0 Å². The smallest absolute Gasteiger partial charge is 0.255 e. The van der Waals surface area contributed by atoms with Gasteiger partial charge < -0.3 is 20.7 Å². The second-order valence-corrected chi connectivity index (χ2v) is 9.55. The summed E-state index contributed by atoms with van der Waals surface area (Å²) in [4.78, 5) is 38.1. The Kier molecular flexibility index (Phi) is 8.79. The predicted octanol–water partition coefficient (Wildman–Crippen LogP) is 6.38. The van der Waals surface area contributed by atoms with E-state index in [9.17, 15) is 14.4 Å². The molecule has 38 heavy (non-hydrogen) atoms. The monoisotopic (exact) mass is 525 g/mol. The quantitative estimate of drug-likeness (QED) is 0.220. The number of thioether (sulfide) groups is 1. The lowest BCUT2D eigenvalue weighted by Crippen LogP contribution is -2.19. The van der Waals surface area contributed by atoms with Crippen LogP contribution in [0.2, 0.25) is 0 Å². The molecule has 0 aromatic heterocycles. The molecule has 0 aliphatic rings. The van der Waals surface area contributed by atoms with Crippen LogP contribution in [-0.2, 0) is 9.59 Å². The Morgan fingerprint density at radius 3 is 1.95 bits per heavy atom. The zero-order valence-electron chi connectivity index (χ0n) is 20.9. The molecule has 0 bridgehead atoms. The highest BCUT2D eigenvalue weighted by Crippen LogP contribution is 2.37. The Bertz CT molecular complexity index is 1410. The van der Waals surface area contributed by atoms with Crippen molar-refractivity contribution in [2.24, 2.45) is 0 Å². The van der Waals surface area contributed by atoms with E-state index in [1.165, 1.54) is 18.7 Å². The van der Waals surface area contributed by atoms with Crippen LogP contribution in [0.3, 0.4) is 0 Å². The number of carbonyl (C=O) groups excluding carboxylic acids is 3. The average Bonchev–Trinajstić information content (AvgIpc) is 2.94. The summed E-state index contributed by atoms with van der Waals surface area (Å²) >= 11 is 1.41. The van der Waals surface area contributed by atoms with E-state index < -0.39 is 5.25 Å². The fraction of sp³-hybridized carbons (Fsp3) is 0.100. The van der Waals surface area contributed by atoms with Crippen molar-refractivity contribution in [3.8, 4) is 5.75 Å². The summed E-state index contributed by atoms with van der Waals surface area (Å²) in [5.41, 5.74) is 3.28. The molecule has 0 saturated carbocycles. The van der Waals surface area contributed by atoms with E-state index in [1.807, 2.05) is 42.5 Å². The fourth-order valence-electron chi connectivity index (χ4n) is 3.67. The summed E-state index contributed by atoms with van der Waals surface area (Å²) in [5, 5.41) is 8.05. The van der Waals surface area contributed by atoms with Gasteiger partial charge in [0, 0.05) is 34.4 Å². The van der Waals surface area contributed by atoms with Crippen LogP contribution in [0.5, 0.6) is 5.75 Å². The number of hydrogen-bond donors (Lipinski definition) is 3. The van der Waals surface area contributed by atoms with Crippen LogP contribution in [0.15, 0.2) is 108 Å². The number of benzene rings is 4. The number of carbonyl (C=O) groups is 3. The zero-order chi connectivity index (χ0) is 26.9. The van der Waals surface area contributed by atoms with Crippen molar-refractivity contribution in [3.05, 3.63) is 114 Å². The number of methoxy groups -OCH3 is 1. The molecule has 1 unspecified atom stereocenters. The Morgan fingerprint density at radius 2 is 1.32 bits per heavy atom. The van der Waals surface area contributed by atoms with Crippen molar-refractivity contribution < 1.29 is 19.1 Å². The third kappa shape index (κ3) is 7.24. The van der Waals surface area contributed by atoms with Gasteiger partial charge in [0.15, 0.2) is 0 Å². The number of amides is 3. The van der Waals surface area contributed by atoms with Crippen molar-refractivity contribution in [1.29, 1.82) is 0 Å². The molecular formula is C30H27N3O4S. The summed E-state index contributed by atoms with van der Waals surface area (Å²) in [6.07, 6.45) is 0. The van der Waals surface area contributed by atoms with Crippen molar-refractivity contribution >= 4 is 46.5 Å². The lowest BCUT2D eigenvalue weighted by molar-refractivity contribution is -0.116. The van der Waals surface area contributed by atoms with Gasteiger partial charge in [0.2, 0.25) is 11.8 Å². The van der Waals surface area contributed by atoms with Crippen LogP contribution in [0.1, 0.15) is 28.1 Å². The van der Waals surface area contributed by atoms with Gasteiger partial charge in [-0.3, -0.25) is 14.4 Å². The first kappa shape index (κ1) is 26.5. The number of anilines is 3. The van der Waals surface area contributed by atoms with Crippen LogP contribution in [-0.4, -0.2) is 24.8 Å². The summed E-state index contributed by atoms with van der Waals surface area (Å²) in [6.45, 7) is 1.44. The lowest BCUT2D eigenvalue weighted by atomic mass is 10.1. The number of hydrogen-bond acceptors (Lipinski definition) is 5. The van der Waals surface area contributed by atoms with Crippen molar-refractivity contribution in [2.45, 2.75) is 17.1 Å². The number of nitrogens with one attached hydrogen (secondary N) is 3. The molecular weight excluding hydrogens is 498 g/mol. The van der Waals surface area contributed by atoms with Gasteiger partial charge in [0.25, 0.3) is 5.91 Å². The summed E-state index contributed by atoms with van der Waals surface area (Å²) in [7, 11) is 1.56. The molecule has 0 radical (unpaired) electrons. The first-order valence-corrected chi connectivity index (χ1v) is 12.7. The molecule has 192 valence electrons. The molecule has 0 heterocycles. The van der Waals surface area contributed by atoms with Gasteiger partial charge in [-0.05, 0) is 72.3 Å². The minimum Gasteiger partial charge on any atom is -0.497 e. The van der Waals surface area contributed by atoms with E-state index >= 15 is 0 Å². The highest BCUT2D eigenvalue weighted by atomic mass is 32.2. The van der Waals surface area contributed by atoms with Gasteiger partial charge in [0.1, 0.15) is 11.0 Å². The van der Waals surface area contributed by atoms with E-state index in [0.717, 1.165) is 10.5 Å². The molecule has 4 rings (SSSR count). The molecule has 0 aliphatic carbocycles. The molecule has 3 N–H and O–H groups in total. The molecule has 0 spiro atoms. The van der Waals surface area contributed by atoms with Crippen LogP contribution < -0.4 is 20.7 Å². The largest absolute Gasteiger partial charge is 0.497 e. The highest BCUT2D eigenvalue weighted by Gasteiger charge is 2.22. The second kappa shape index (κ2) is 12.6. The SMILES string of the molecule is COc1cccc(C(=O)Nc2ccc(SC(C(=O)Nc3ccc(NC(C)=O)cc3)c3ccccc3)cc2)c1. The normalized spacial score (nSPS) is 11.2. The lowest BCUT2D eigenvalue weighted by Gasteiger charge is -2.18. The van der Waals surface area contributed by atoms with E-state index in [1.54, 1.807) is 67.8 Å². The van der Waals surface area contributed by atoms with Crippen LogP contribution in [0, 0.1) is 0 Å². The van der Waals surface area contributed by atoms with E-state index in [0.29, 0.717) is 28.4 Å².